The predicted molar refractivity (Wildman–Crippen MR) is 84.0 cm³/mol. The molecule has 0 aliphatic rings. The van der Waals surface area contributed by atoms with Crippen LogP contribution in [0, 0.1) is 0 Å². The zero-order valence-electron chi connectivity index (χ0n) is 12.3. The summed E-state index contributed by atoms with van der Waals surface area (Å²) in [6.07, 6.45) is 0. The average molecular weight is 314 g/mol. The molecule has 1 heterocycles. The van der Waals surface area contributed by atoms with Crippen molar-refractivity contribution in [2.45, 2.75) is 0 Å². The Morgan fingerprint density at radius 3 is 2.78 bits per heavy atom. The number of nitrogens with one attached hydrogen (secondary N) is 2. The number of hydrogen-bond donors (Lipinski definition) is 2. The van der Waals surface area contributed by atoms with Crippen LogP contribution >= 0.6 is 0 Å². The first-order valence-electron chi connectivity index (χ1n) is 6.84. The quantitative estimate of drug-likeness (QED) is 0.752. The maximum atomic E-state index is 11.9. The van der Waals surface area contributed by atoms with Crippen LogP contribution in [0.4, 0.5) is 5.69 Å². The summed E-state index contributed by atoms with van der Waals surface area (Å²) < 4.78 is 15.5. The van der Waals surface area contributed by atoms with Gasteiger partial charge in [0.05, 0.1) is 12.6 Å². The van der Waals surface area contributed by atoms with Crippen molar-refractivity contribution in [1.29, 1.82) is 0 Å². The maximum absolute atomic E-state index is 11.9. The predicted octanol–water partition coefficient (Wildman–Crippen LogP) is 2.15. The molecule has 0 saturated carbocycles. The second-order valence-electron chi connectivity index (χ2n) is 4.71. The monoisotopic (exact) mass is 314 g/mol. The minimum Gasteiger partial charge on any atom is -0.493 e. The molecule has 0 radical (unpaired) electrons. The number of oxazole rings is 1. The molecule has 2 aromatic carbocycles. The number of anilines is 1. The molecule has 0 saturated heterocycles. The van der Waals surface area contributed by atoms with Crippen molar-refractivity contribution in [2.24, 2.45) is 0 Å². The Morgan fingerprint density at radius 2 is 2.00 bits per heavy atom. The number of para-hydroxylation sites is 2. The number of amides is 1. The molecule has 0 atom stereocenters. The second kappa shape index (κ2) is 6.27. The van der Waals surface area contributed by atoms with Crippen molar-refractivity contribution in [3.63, 3.8) is 0 Å². The number of fused-ring (bicyclic) bond motifs is 1. The molecule has 1 amide bonds. The number of carbonyl (C=O) groups excluding carboxylic acids is 1. The molecule has 0 spiro atoms. The molecule has 0 unspecified atom stereocenters. The van der Waals surface area contributed by atoms with Crippen molar-refractivity contribution in [3.05, 3.63) is 53.0 Å². The first-order valence-corrected chi connectivity index (χ1v) is 6.84. The van der Waals surface area contributed by atoms with Gasteiger partial charge in [0.25, 0.3) is 5.91 Å². The fourth-order valence-corrected chi connectivity index (χ4v) is 2.10. The van der Waals surface area contributed by atoms with Crippen LogP contribution in [-0.4, -0.2) is 24.6 Å². The fraction of sp³-hybridized carbons (Fsp3) is 0.125. The number of rotatable bonds is 5. The number of methoxy groups -OCH3 is 1. The number of H-pyrrole nitrogens is 1. The molecule has 0 fully saturated rings. The fourth-order valence-electron chi connectivity index (χ4n) is 2.10. The third kappa shape index (κ3) is 3.34. The summed E-state index contributed by atoms with van der Waals surface area (Å²) in [7, 11) is 1.53. The van der Waals surface area contributed by atoms with E-state index in [-0.39, 0.29) is 12.5 Å². The Bertz CT molecular complexity index is 897. The molecule has 3 aromatic rings. The van der Waals surface area contributed by atoms with E-state index in [1.165, 1.54) is 7.11 Å². The summed E-state index contributed by atoms with van der Waals surface area (Å²) in [6.45, 7) is -0.171. The molecule has 7 heteroatoms. The van der Waals surface area contributed by atoms with Gasteiger partial charge in [0, 0.05) is 11.8 Å². The lowest BCUT2D eigenvalue weighted by Crippen LogP contribution is -2.20. The SMILES string of the molecule is COc1ccccc1OCC(=O)Nc1ccc2[nH]c(=O)oc2c1. The van der Waals surface area contributed by atoms with Crippen molar-refractivity contribution in [3.8, 4) is 11.5 Å². The first kappa shape index (κ1) is 14.7. The van der Waals surface area contributed by atoms with Crippen molar-refractivity contribution >= 4 is 22.7 Å². The van der Waals surface area contributed by atoms with Gasteiger partial charge in [-0.1, -0.05) is 12.1 Å². The molecule has 2 N–H and O–H groups in total. The molecule has 3 rings (SSSR count). The van der Waals surface area contributed by atoms with E-state index in [4.69, 9.17) is 13.9 Å². The van der Waals surface area contributed by atoms with Gasteiger partial charge >= 0.3 is 5.76 Å². The maximum Gasteiger partial charge on any atom is 0.417 e. The molecule has 1 aromatic heterocycles. The van der Waals surface area contributed by atoms with E-state index < -0.39 is 5.76 Å². The van der Waals surface area contributed by atoms with E-state index in [0.717, 1.165) is 0 Å². The van der Waals surface area contributed by atoms with Gasteiger partial charge in [-0.25, -0.2) is 4.79 Å². The number of aromatic nitrogens is 1. The second-order valence-corrected chi connectivity index (χ2v) is 4.71. The highest BCUT2D eigenvalue weighted by atomic mass is 16.5. The molecule has 0 bridgehead atoms. The lowest BCUT2D eigenvalue weighted by Gasteiger charge is -2.10. The zero-order chi connectivity index (χ0) is 16.2. The van der Waals surface area contributed by atoms with Crippen molar-refractivity contribution in [2.75, 3.05) is 19.0 Å². The zero-order valence-corrected chi connectivity index (χ0v) is 12.3. The topological polar surface area (TPSA) is 93.6 Å². The Morgan fingerprint density at radius 1 is 1.22 bits per heavy atom. The van der Waals surface area contributed by atoms with Crippen molar-refractivity contribution < 1.29 is 18.7 Å². The Kier molecular flexibility index (Phi) is 4.01. The van der Waals surface area contributed by atoms with Gasteiger partial charge in [0.15, 0.2) is 23.7 Å². The highest BCUT2D eigenvalue weighted by Gasteiger charge is 2.08. The van der Waals surface area contributed by atoms with Crippen LogP contribution in [0.15, 0.2) is 51.7 Å². The van der Waals surface area contributed by atoms with Crippen LogP contribution in [0.3, 0.4) is 0 Å². The number of carbonyl (C=O) groups is 1. The summed E-state index contributed by atoms with van der Waals surface area (Å²) in [5.41, 5.74) is 1.45. The van der Waals surface area contributed by atoms with Gasteiger partial charge < -0.3 is 19.2 Å². The third-order valence-electron chi connectivity index (χ3n) is 3.13. The molecule has 0 aliphatic carbocycles. The van der Waals surface area contributed by atoms with E-state index in [2.05, 4.69) is 10.3 Å². The van der Waals surface area contributed by atoms with Gasteiger partial charge in [-0.05, 0) is 24.3 Å². The van der Waals surface area contributed by atoms with Crippen LogP contribution in [-0.2, 0) is 4.79 Å². The average Bonchev–Trinajstić information content (AvgIpc) is 2.92. The van der Waals surface area contributed by atoms with Crippen LogP contribution < -0.4 is 20.5 Å². The Hall–Kier alpha value is -3.22. The van der Waals surface area contributed by atoms with Gasteiger partial charge in [0.1, 0.15) is 0 Å². The third-order valence-corrected chi connectivity index (χ3v) is 3.13. The van der Waals surface area contributed by atoms with Gasteiger partial charge in [-0.15, -0.1) is 0 Å². The number of benzene rings is 2. The van der Waals surface area contributed by atoms with Crippen LogP contribution in [0.2, 0.25) is 0 Å². The smallest absolute Gasteiger partial charge is 0.417 e. The summed E-state index contributed by atoms with van der Waals surface area (Å²) in [5.74, 6) is 0.157. The van der Waals surface area contributed by atoms with E-state index >= 15 is 0 Å². The van der Waals surface area contributed by atoms with Crippen LogP contribution in [0.1, 0.15) is 0 Å². The summed E-state index contributed by atoms with van der Waals surface area (Å²) in [4.78, 5) is 25.6. The largest absolute Gasteiger partial charge is 0.493 e. The van der Waals surface area contributed by atoms with Crippen LogP contribution in [0.5, 0.6) is 11.5 Å². The summed E-state index contributed by atoms with van der Waals surface area (Å²) in [6, 6.07) is 11.9. The minimum atomic E-state index is -0.539. The van der Waals surface area contributed by atoms with E-state index in [9.17, 15) is 9.59 Å². The lowest BCUT2D eigenvalue weighted by atomic mass is 10.3. The highest BCUT2D eigenvalue weighted by molar-refractivity contribution is 5.93. The van der Waals surface area contributed by atoms with E-state index in [0.29, 0.717) is 28.3 Å². The van der Waals surface area contributed by atoms with E-state index in [1.807, 2.05) is 6.07 Å². The molecular weight excluding hydrogens is 300 g/mol. The molecule has 23 heavy (non-hydrogen) atoms. The van der Waals surface area contributed by atoms with Gasteiger partial charge in [-0.2, -0.15) is 0 Å². The number of aromatic amines is 1. The Balaban J connectivity index is 1.65. The molecule has 7 nitrogen and oxygen atoms in total. The Labute approximate surface area is 130 Å². The lowest BCUT2D eigenvalue weighted by molar-refractivity contribution is -0.118. The molecule has 0 aliphatic heterocycles. The minimum absolute atomic E-state index is 0.171. The standard InChI is InChI=1S/C16H14N2O5/c1-21-12-4-2-3-5-13(12)22-9-15(19)17-10-6-7-11-14(8-10)23-16(20)18-11/h2-8H,9H2,1H3,(H,17,19)(H,18,20). The van der Waals surface area contributed by atoms with E-state index in [1.54, 1.807) is 36.4 Å². The van der Waals surface area contributed by atoms with Crippen LogP contribution in [0.25, 0.3) is 11.1 Å². The number of hydrogen-bond acceptors (Lipinski definition) is 5. The number of ether oxygens (including phenoxy) is 2. The van der Waals surface area contributed by atoms with Crippen molar-refractivity contribution in [1.82, 2.24) is 4.98 Å². The summed E-state index contributed by atoms with van der Waals surface area (Å²) >= 11 is 0. The molecule has 118 valence electrons. The normalized spacial score (nSPS) is 10.5. The van der Waals surface area contributed by atoms with Gasteiger partial charge in [0.2, 0.25) is 0 Å². The molecular formula is C16H14N2O5. The first-order chi connectivity index (χ1) is 11.2. The summed E-state index contributed by atoms with van der Waals surface area (Å²) in [5, 5.41) is 2.67. The highest BCUT2D eigenvalue weighted by Crippen LogP contribution is 2.25. The van der Waals surface area contributed by atoms with Gasteiger partial charge in [-0.3, -0.25) is 9.78 Å².